The van der Waals surface area contributed by atoms with Crippen LogP contribution < -0.4 is 10.1 Å². The van der Waals surface area contributed by atoms with E-state index in [1.54, 1.807) is 12.1 Å². The molecule has 1 heterocycles. The molecular weight excluding hydrogens is 392 g/mol. The van der Waals surface area contributed by atoms with Crippen LogP contribution in [0.15, 0.2) is 58.9 Å². The second kappa shape index (κ2) is 8.45. The predicted octanol–water partition coefficient (Wildman–Crippen LogP) is 5.09. The van der Waals surface area contributed by atoms with Crippen LogP contribution in [-0.4, -0.2) is 10.5 Å². The van der Waals surface area contributed by atoms with Crippen LogP contribution in [0.2, 0.25) is 5.02 Å². The Labute approximate surface area is 163 Å². The van der Waals surface area contributed by atoms with E-state index in [9.17, 15) is 13.6 Å². The first-order chi connectivity index (χ1) is 12.9. The molecule has 0 aliphatic heterocycles. The van der Waals surface area contributed by atoms with Crippen molar-refractivity contribution < 1.29 is 13.6 Å². The van der Waals surface area contributed by atoms with Crippen LogP contribution in [0, 0.1) is 0 Å². The Hall–Kier alpha value is -2.51. The number of hydrogen-bond acceptors (Lipinski definition) is 3. The molecule has 0 aliphatic rings. The fraction of sp³-hybridized carbons (Fsp3) is 0.158. The molecule has 1 N–H and O–H groups in total. The summed E-state index contributed by atoms with van der Waals surface area (Å²) < 4.78 is 27.0. The van der Waals surface area contributed by atoms with Crippen LogP contribution in [0.3, 0.4) is 0 Å². The Kier molecular flexibility index (Phi) is 6.03. The van der Waals surface area contributed by atoms with E-state index in [0.29, 0.717) is 10.7 Å². The quantitative estimate of drug-likeness (QED) is 0.629. The molecule has 0 spiro atoms. The van der Waals surface area contributed by atoms with Gasteiger partial charge in [0.05, 0.1) is 12.1 Å². The van der Waals surface area contributed by atoms with Crippen LogP contribution in [0.5, 0.6) is 0 Å². The second-order valence-electron chi connectivity index (χ2n) is 5.80. The molecule has 0 aliphatic carbocycles. The summed E-state index contributed by atoms with van der Waals surface area (Å²) in [6.45, 7) is 0. The van der Waals surface area contributed by atoms with Crippen LogP contribution >= 0.6 is 22.9 Å². The van der Waals surface area contributed by atoms with Crippen LogP contribution in [0.1, 0.15) is 17.7 Å². The van der Waals surface area contributed by atoms with E-state index >= 15 is 0 Å². The maximum Gasteiger partial charge on any atom is 0.263 e. The molecule has 0 saturated heterocycles. The van der Waals surface area contributed by atoms with Gasteiger partial charge in [0.2, 0.25) is 5.91 Å². The molecule has 0 unspecified atom stereocenters. The minimum atomic E-state index is -2.53. The molecule has 0 bridgehead atoms. The first-order valence-electron chi connectivity index (χ1n) is 8.04. The van der Waals surface area contributed by atoms with Gasteiger partial charge in [0, 0.05) is 34.4 Å². The monoisotopic (exact) mass is 407 g/mol. The van der Waals surface area contributed by atoms with Gasteiger partial charge in [-0.25, -0.2) is 13.8 Å². The number of aromatic nitrogens is 1. The number of thiazole rings is 1. The number of carbonyl (C=O) groups is 1. The van der Waals surface area contributed by atoms with Gasteiger partial charge in [-0.15, -0.1) is 11.3 Å². The van der Waals surface area contributed by atoms with Gasteiger partial charge >= 0.3 is 0 Å². The van der Waals surface area contributed by atoms with E-state index in [2.05, 4.69) is 10.3 Å². The topological polar surface area (TPSA) is 46.4 Å². The summed E-state index contributed by atoms with van der Waals surface area (Å²) in [7, 11) is 1.84. The number of carbonyl (C=O) groups excluding carboxylic acids is 1. The summed E-state index contributed by atoms with van der Waals surface area (Å²) in [5, 5.41) is 5.22. The van der Waals surface area contributed by atoms with Crippen LogP contribution in [0.25, 0.3) is 0 Å². The first kappa shape index (κ1) is 19.3. The maximum atomic E-state index is 12.6. The normalized spacial score (nSPS) is 11.8. The third kappa shape index (κ3) is 5.02. The zero-order valence-corrected chi connectivity index (χ0v) is 15.9. The number of alkyl halides is 2. The number of benzene rings is 2. The zero-order chi connectivity index (χ0) is 19.4. The fourth-order valence-corrected chi connectivity index (χ4v) is 3.41. The lowest BCUT2D eigenvalue weighted by atomic mass is 10.2. The van der Waals surface area contributed by atoms with Crippen LogP contribution in [-0.2, 0) is 18.3 Å². The van der Waals surface area contributed by atoms with Crippen molar-refractivity contribution >= 4 is 40.2 Å². The van der Waals surface area contributed by atoms with E-state index < -0.39 is 6.43 Å². The highest BCUT2D eigenvalue weighted by atomic mass is 35.5. The third-order valence-corrected chi connectivity index (χ3v) is 5.08. The summed E-state index contributed by atoms with van der Waals surface area (Å²) >= 11 is 7.30. The van der Waals surface area contributed by atoms with Crippen molar-refractivity contribution in [2.75, 3.05) is 5.32 Å². The van der Waals surface area contributed by atoms with Crippen molar-refractivity contribution in [3.05, 3.63) is 75.0 Å². The average molecular weight is 408 g/mol. The summed E-state index contributed by atoms with van der Waals surface area (Å²) in [4.78, 5) is 17.5. The van der Waals surface area contributed by atoms with Gasteiger partial charge in [0.25, 0.3) is 6.43 Å². The summed E-state index contributed by atoms with van der Waals surface area (Å²) in [6.07, 6.45) is -2.37. The minimum Gasteiger partial charge on any atom is -0.326 e. The molecule has 8 heteroatoms. The molecular formula is C19H16ClF2N3OS. The molecule has 0 atom stereocenters. The smallest absolute Gasteiger partial charge is 0.263 e. The van der Waals surface area contributed by atoms with Gasteiger partial charge in [0.15, 0.2) is 4.80 Å². The molecule has 27 heavy (non-hydrogen) atoms. The number of halogens is 3. The van der Waals surface area contributed by atoms with Crippen LogP contribution in [0.4, 0.5) is 20.2 Å². The molecule has 3 aromatic rings. The Morgan fingerprint density at radius 1 is 1.19 bits per heavy atom. The Balaban J connectivity index is 1.69. The Bertz CT molecular complexity index is 995. The van der Waals surface area contributed by atoms with E-state index in [1.165, 1.54) is 35.6 Å². The molecule has 0 radical (unpaired) electrons. The lowest BCUT2D eigenvalue weighted by Crippen LogP contribution is -2.19. The third-order valence-electron chi connectivity index (χ3n) is 3.86. The minimum absolute atomic E-state index is 0.0781. The van der Waals surface area contributed by atoms with Crippen molar-refractivity contribution in [1.29, 1.82) is 0 Å². The van der Waals surface area contributed by atoms with Gasteiger partial charge in [-0.2, -0.15) is 0 Å². The lowest BCUT2D eigenvalue weighted by Gasteiger charge is -2.07. The van der Waals surface area contributed by atoms with Crippen molar-refractivity contribution in [3.8, 4) is 0 Å². The summed E-state index contributed by atoms with van der Waals surface area (Å²) in [5.74, 6) is -0.230. The standard InChI is InChI=1S/C19H16ClF2N3OS/c1-25-16(11-27-19(25)24-15-8-4-13(20)5-9-15)10-17(26)23-14-6-2-12(3-7-14)18(21)22/h2-9,11,18H,10H2,1H3,(H,23,26). The van der Waals surface area contributed by atoms with Gasteiger partial charge in [0.1, 0.15) is 0 Å². The molecule has 4 nitrogen and oxygen atoms in total. The number of nitrogens with zero attached hydrogens (tertiary/aromatic N) is 2. The van der Waals surface area contributed by atoms with Crippen molar-refractivity contribution in [2.45, 2.75) is 12.8 Å². The predicted molar refractivity (Wildman–Crippen MR) is 104 cm³/mol. The highest BCUT2D eigenvalue weighted by molar-refractivity contribution is 7.07. The van der Waals surface area contributed by atoms with E-state index in [1.807, 2.05) is 29.1 Å². The van der Waals surface area contributed by atoms with E-state index in [0.717, 1.165) is 16.2 Å². The lowest BCUT2D eigenvalue weighted by molar-refractivity contribution is -0.115. The first-order valence-corrected chi connectivity index (χ1v) is 9.30. The Morgan fingerprint density at radius 2 is 1.85 bits per heavy atom. The van der Waals surface area contributed by atoms with Crippen molar-refractivity contribution in [1.82, 2.24) is 4.57 Å². The van der Waals surface area contributed by atoms with Gasteiger partial charge in [-0.1, -0.05) is 23.7 Å². The average Bonchev–Trinajstić information content (AvgIpc) is 2.97. The maximum absolute atomic E-state index is 12.6. The molecule has 1 aromatic heterocycles. The van der Waals surface area contributed by atoms with E-state index in [-0.39, 0.29) is 17.9 Å². The molecule has 140 valence electrons. The van der Waals surface area contributed by atoms with Crippen molar-refractivity contribution in [2.24, 2.45) is 12.0 Å². The molecule has 3 rings (SSSR count). The molecule has 0 fully saturated rings. The highest BCUT2D eigenvalue weighted by Crippen LogP contribution is 2.20. The number of hydrogen-bond donors (Lipinski definition) is 1. The number of anilines is 1. The van der Waals surface area contributed by atoms with Gasteiger partial charge < -0.3 is 9.88 Å². The molecule has 0 saturated carbocycles. The summed E-state index contributed by atoms with van der Waals surface area (Å²) in [6, 6.07) is 12.7. The zero-order valence-electron chi connectivity index (χ0n) is 14.3. The number of rotatable bonds is 5. The second-order valence-corrected chi connectivity index (χ2v) is 7.08. The highest BCUT2D eigenvalue weighted by Gasteiger charge is 2.10. The fourth-order valence-electron chi connectivity index (χ4n) is 2.37. The number of amides is 1. The molecule has 2 aromatic carbocycles. The van der Waals surface area contributed by atoms with Gasteiger partial charge in [-0.05, 0) is 36.4 Å². The molecule has 1 amide bonds. The Morgan fingerprint density at radius 3 is 2.48 bits per heavy atom. The van der Waals surface area contributed by atoms with E-state index in [4.69, 9.17) is 11.6 Å². The summed E-state index contributed by atoms with van der Waals surface area (Å²) in [5.41, 5.74) is 1.97. The largest absolute Gasteiger partial charge is 0.326 e. The SMILES string of the molecule is Cn1c(CC(=O)Nc2ccc(C(F)F)cc2)csc1=Nc1ccc(Cl)cc1. The van der Waals surface area contributed by atoms with Gasteiger partial charge in [-0.3, -0.25) is 4.79 Å². The number of nitrogens with one attached hydrogen (secondary N) is 1. The van der Waals surface area contributed by atoms with Crippen molar-refractivity contribution in [3.63, 3.8) is 0 Å².